The number of unbranched alkanes of at least 4 members (excludes halogenated alkanes) is 11. The number of hydrogen-bond donors (Lipinski definition) is 6. The fraction of sp³-hybridized carbons (Fsp3) is 0.758. The lowest BCUT2D eigenvalue weighted by Crippen LogP contribution is -2.60. The Morgan fingerprint density at radius 1 is 0.837 bits per heavy atom. The third kappa shape index (κ3) is 15.0. The minimum atomic E-state index is -1.59. The molecule has 1 aliphatic heterocycles. The number of benzene rings is 1. The summed E-state index contributed by atoms with van der Waals surface area (Å²) < 4.78 is 11.0. The van der Waals surface area contributed by atoms with Gasteiger partial charge in [-0.25, -0.2) is 0 Å². The molecule has 0 spiro atoms. The summed E-state index contributed by atoms with van der Waals surface area (Å²) in [4.78, 5) is 25.7. The molecule has 0 bridgehead atoms. The van der Waals surface area contributed by atoms with Crippen LogP contribution >= 0.6 is 0 Å². The van der Waals surface area contributed by atoms with Gasteiger partial charge < -0.3 is 40.5 Å². The molecule has 246 valence electrons. The van der Waals surface area contributed by atoms with E-state index in [0.29, 0.717) is 13.0 Å². The molecule has 2 amide bonds. The lowest BCUT2D eigenvalue weighted by Gasteiger charge is -2.39. The van der Waals surface area contributed by atoms with Gasteiger partial charge in [-0.2, -0.15) is 0 Å². The molecule has 1 heterocycles. The monoisotopic (exact) mass is 608 g/mol. The van der Waals surface area contributed by atoms with E-state index in [-0.39, 0.29) is 18.9 Å². The van der Waals surface area contributed by atoms with Crippen LogP contribution in [0.1, 0.15) is 102 Å². The van der Waals surface area contributed by atoms with Crippen molar-refractivity contribution in [1.29, 1.82) is 0 Å². The highest BCUT2D eigenvalue weighted by Gasteiger charge is 2.44. The molecule has 0 aliphatic carbocycles. The molecule has 10 heteroatoms. The van der Waals surface area contributed by atoms with Crippen LogP contribution in [0, 0.1) is 0 Å². The maximum atomic E-state index is 13.0. The molecule has 10 nitrogen and oxygen atoms in total. The summed E-state index contributed by atoms with van der Waals surface area (Å²) in [6, 6.07) is 9.35. The quantitative estimate of drug-likeness (QED) is 0.104. The van der Waals surface area contributed by atoms with Crippen molar-refractivity contribution in [3.63, 3.8) is 0 Å². The Kier molecular flexibility index (Phi) is 19.4. The van der Waals surface area contributed by atoms with E-state index >= 15 is 0 Å². The molecule has 1 aliphatic rings. The number of carbonyl (C=O) groups is 2. The van der Waals surface area contributed by atoms with Crippen molar-refractivity contribution in [2.45, 2.75) is 140 Å². The van der Waals surface area contributed by atoms with Crippen LogP contribution in [-0.2, 0) is 25.5 Å². The van der Waals surface area contributed by atoms with Gasteiger partial charge in [0.05, 0.1) is 13.2 Å². The molecule has 1 fully saturated rings. The van der Waals surface area contributed by atoms with Gasteiger partial charge in [-0.05, 0) is 31.2 Å². The summed E-state index contributed by atoms with van der Waals surface area (Å²) in [5.41, 5.74) is 1.33. The van der Waals surface area contributed by atoms with E-state index in [0.717, 1.165) is 51.4 Å². The normalized spacial score (nSPS) is 22.7. The van der Waals surface area contributed by atoms with Crippen molar-refractivity contribution in [2.24, 2.45) is 0 Å². The predicted octanol–water partition coefficient (Wildman–Crippen LogP) is 3.13. The number of nitrogens with one attached hydrogen (secondary N) is 2. The number of hydrogen-bond acceptors (Lipinski definition) is 8. The SMILES string of the molecule is CCCCCCCCCCNC(=O)[C@H](CO[C@H]1O[C@H](CO)[C@H](O)[C@H](O)[C@H]1O)NC(=O)CCCCCCCc1ccccc1. The molecule has 1 aromatic carbocycles. The Labute approximate surface area is 257 Å². The number of aliphatic hydroxyl groups is 4. The average molecular weight is 609 g/mol. The average Bonchev–Trinajstić information content (AvgIpc) is 3.01. The van der Waals surface area contributed by atoms with Gasteiger partial charge in [0.1, 0.15) is 30.5 Å². The third-order valence-corrected chi connectivity index (χ3v) is 7.97. The summed E-state index contributed by atoms with van der Waals surface area (Å²) in [7, 11) is 0. The van der Waals surface area contributed by atoms with Crippen LogP contribution in [0.15, 0.2) is 30.3 Å². The molecule has 0 saturated carbocycles. The van der Waals surface area contributed by atoms with Crippen LogP contribution in [-0.4, -0.2) is 88.7 Å². The highest BCUT2D eigenvalue weighted by Crippen LogP contribution is 2.22. The van der Waals surface area contributed by atoms with Crippen molar-refractivity contribution >= 4 is 11.8 Å². The second-order valence-electron chi connectivity index (χ2n) is 11.7. The topological polar surface area (TPSA) is 158 Å². The zero-order valence-corrected chi connectivity index (χ0v) is 26.0. The molecule has 6 N–H and O–H groups in total. The predicted molar refractivity (Wildman–Crippen MR) is 165 cm³/mol. The summed E-state index contributed by atoms with van der Waals surface area (Å²) >= 11 is 0. The van der Waals surface area contributed by atoms with Crippen molar-refractivity contribution in [1.82, 2.24) is 10.6 Å². The van der Waals surface area contributed by atoms with Gasteiger partial charge in [-0.1, -0.05) is 101 Å². The Morgan fingerprint density at radius 3 is 2.14 bits per heavy atom. The first-order valence-corrected chi connectivity index (χ1v) is 16.4. The second-order valence-corrected chi connectivity index (χ2v) is 11.7. The number of aliphatic hydroxyl groups excluding tert-OH is 4. The highest BCUT2D eigenvalue weighted by molar-refractivity contribution is 5.87. The van der Waals surface area contributed by atoms with E-state index in [1.165, 1.54) is 37.7 Å². The smallest absolute Gasteiger partial charge is 0.244 e. The zero-order chi connectivity index (χ0) is 31.3. The van der Waals surface area contributed by atoms with Gasteiger partial charge in [0.15, 0.2) is 6.29 Å². The van der Waals surface area contributed by atoms with Gasteiger partial charge in [0.2, 0.25) is 11.8 Å². The fourth-order valence-electron chi connectivity index (χ4n) is 5.23. The number of carbonyl (C=O) groups excluding carboxylic acids is 2. The van der Waals surface area contributed by atoms with Crippen molar-refractivity contribution < 1.29 is 39.5 Å². The summed E-state index contributed by atoms with van der Waals surface area (Å²) in [6.45, 7) is 1.78. The van der Waals surface area contributed by atoms with E-state index in [1.807, 2.05) is 18.2 Å². The van der Waals surface area contributed by atoms with Crippen molar-refractivity contribution in [3.05, 3.63) is 35.9 Å². The molecule has 0 unspecified atom stereocenters. The molecule has 0 radical (unpaired) electrons. The molecule has 1 aromatic rings. The number of ether oxygens (including phenoxy) is 2. The Bertz CT molecular complexity index is 872. The Hall–Kier alpha value is -2.08. The van der Waals surface area contributed by atoms with Gasteiger partial charge >= 0.3 is 0 Å². The van der Waals surface area contributed by atoms with Crippen LogP contribution in [0.2, 0.25) is 0 Å². The number of aryl methyl sites for hydroxylation is 1. The number of amides is 2. The molecular weight excluding hydrogens is 552 g/mol. The maximum absolute atomic E-state index is 13.0. The van der Waals surface area contributed by atoms with Gasteiger partial charge in [-0.15, -0.1) is 0 Å². The summed E-state index contributed by atoms with van der Waals surface area (Å²) in [6.07, 6.45) is 8.10. The van der Waals surface area contributed by atoms with Crippen LogP contribution < -0.4 is 10.6 Å². The van der Waals surface area contributed by atoms with Crippen LogP contribution in [0.25, 0.3) is 0 Å². The van der Waals surface area contributed by atoms with Crippen LogP contribution in [0.3, 0.4) is 0 Å². The molecule has 1 saturated heterocycles. The Morgan fingerprint density at radius 2 is 1.47 bits per heavy atom. The van der Waals surface area contributed by atoms with Gasteiger partial charge in [0, 0.05) is 13.0 Å². The lowest BCUT2D eigenvalue weighted by atomic mass is 9.99. The fourth-order valence-corrected chi connectivity index (χ4v) is 5.23. The van der Waals surface area contributed by atoms with E-state index in [2.05, 4.69) is 29.7 Å². The standard InChI is InChI=1S/C33H56N2O8/c1-2-3-4-5-6-7-11-17-22-34-32(41)26(24-42-33-31(40)30(39)29(38)27(23-36)43-33)35-28(37)21-16-10-8-9-13-18-25-19-14-12-15-20-25/h12,14-15,19-20,26-27,29-31,33,36,38-40H,2-11,13,16-18,21-24H2,1H3,(H,34,41)(H,35,37)/t26-,27+,29-,30-,31+,33-/m0/s1. The first kappa shape index (κ1) is 37.1. The summed E-state index contributed by atoms with van der Waals surface area (Å²) in [5, 5.41) is 45.4. The van der Waals surface area contributed by atoms with Crippen LogP contribution in [0.5, 0.6) is 0 Å². The molecule has 6 atom stereocenters. The first-order valence-electron chi connectivity index (χ1n) is 16.4. The minimum Gasteiger partial charge on any atom is -0.394 e. The first-order chi connectivity index (χ1) is 20.9. The molecule has 0 aromatic heterocycles. The number of rotatable bonds is 23. The maximum Gasteiger partial charge on any atom is 0.244 e. The Balaban J connectivity index is 1.77. The van der Waals surface area contributed by atoms with E-state index in [9.17, 15) is 30.0 Å². The van der Waals surface area contributed by atoms with Gasteiger partial charge in [0.25, 0.3) is 0 Å². The zero-order valence-electron chi connectivity index (χ0n) is 26.0. The van der Waals surface area contributed by atoms with Crippen LogP contribution in [0.4, 0.5) is 0 Å². The van der Waals surface area contributed by atoms with Crippen molar-refractivity contribution in [2.75, 3.05) is 19.8 Å². The van der Waals surface area contributed by atoms with E-state index in [1.54, 1.807) is 0 Å². The largest absolute Gasteiger partial charge is 0.394 e. The van der Waals surface area contributed by atoms with E-state index in [4.69, 9.17) is 9.47 Å². The minimum absolute atomic E-state index is 0.270. The van der Waals surface area contributed by atoms with E-state index < -0.39 is 49.3 Å². The molecule has 43 heavy (non-hydrogen) atoms. The lowest BCUT2D eigenvalue weighted by molar-refractivity contribution is -0.301. The highest BCUT2D eigenvalue weighted by atomic mass is 16.7. The second kappa shape index (κ2) is 22.4. The third-order valence-electron chi connectivity index (χ3n) is 7.97. The van der Waals surface area contributed by atoms with Crippen molar-refractivity contribution in [3.8, 4) is 0 Å². The molecule has 2 rings (SSSR count). The summed E-state index contributed by atoms with van der Waals surface area (Å²) in [5.74, 6) is -0.671. The molecular formula is C33H56N2O8. The van der Waals surface area contributed by atoms with Gasteiger partial charge in [-0.3, -0.25) is 9.59 Å².